The van der Waals surface area contributed by atoms with E-state index in [-0.39, 0.29) is 10.8 Å². The van der Waals surface area contributed by atoms with Crippen LogP contribution in [0, 0.1) is 10.8 Å². The lowest BCUT2D eigenvalue weighted by atomic mass is 9.43. The second-order valence-corrected chi connectivity index (χ2v) is 5.52. The molecule has 3 fully saturated rings. The molecule has 0 aromatic heterocycles. The van der Waals surface area contributed by atoms with Crippen LogP contribution in [0.3, 0.4) is 0 Å². The number of hydrogen-bond acceptors (Lipinski definition) is 2. The molecule has 1 saturated carbocycles. The molecule has 0 amide bonds. The summed E-state index contributed by atoms with van der Waals surface area (Å²) in [5.74, 6) is -0.638. The van der Waals surface area contributed by atoms with Gasteiger partial charge in [-0.3, -0.25) is 4.79 Å². The van der Waals surface area contributed by atoms with Gasteiger partial charge in [0.15, 0.2) is 0 Å². The van der Waals surface area contributed by atoms with Gasteiger partial charge in [0.05, 0.1) is 6.42 Å². The van der Waals surface area contributed by atoms with Crippen LogP contribution < -0.4 is 0 Å². The fraction of sp³-hybridized carbons (Fsp3) is 0.909. The smallest absolute Gasteiger partial charge is 0.303 e. The summed E-state index contributed by atoms with van der Waals surface area (Å²) in [4.78, 5) is 13.2. The van der Waals surface area contributed by atoms with E-state index in [1.165, 1.54) is 0 Å². The average Bonchev–Trinajstić information content (AvgIpc) is 2.06. The molecule has 2 heterocycles. The largest absolute Gasteiger partial charge is 0.481 e. The molecule has 3 nitrogen and oxygen atoms in total. The molecular formula is C11H19NO2. The number of piperidine rings is 2. The first-order valence-electron chi connectivity index (χ1n) is 5.31. The highest BCUT2D eigenvalue weighted by atomic mass is 16.4. The fourth-order valence-corrected chi connectivity index (χ4v) is 3.47. The Hall–Kier alpha value is -0.570. The molecule has 2 atom stereocenters. The van der Waals surface area contributed by atoms with Crippen molar-refractivity contribution >= 4 is 5.97 Å². The molecule has 3 heteroatoms. The minimum absolute atomic E-state index is 0.0794. The molecule has 2 saturated heterocycles. The van der Waals surface area contributed by atoms with Crippen LogP contribution in [-0.2, 0) is 4.79 Å². The summed E-state index contributed by atoms with van der Waals surface area (Å²) in [6.45, 7) is 5.50. The Morgan fingerprint density at radius 2 is 2.21 bits per heavy atom. The number of carboxylic acids is 1. The molecule has 0 aromatic rings. The molecule has 1 N–H and O–H groups in total. The standard InChI is InChI=1S/C11H19NO2/c1-10(2)8-6-11(10,7-9(13)14)4-5-12(8)3/h8H,4-7H2,1-3H3,(H,13,14). The maximum Gasteiger partial charge on any atom is 0.303 e. The van der Waals surface area contributed by atoms with Crippen LogP contribution in [0.4, 0.5) is 0 Å². The molecule has 2 bridgehead atoms. The monoisotopic (exact) mass is 197 g/mol. The Morgan fingerprint density at radius 1 is 1.57 bits per heavy atom. The third-order valence-electron chi connectivity index (χ3n) is 4.75. The zero-order valence-corrected chi connectivity index (χ0v) is 9.21. The van der Waals surface area contributed by atoms with E-state index in [0.717, 1.165) is 19.4 Å². The number of rotatable bonds is 2. The van der Waals surface area contributed by atoms with Crippen molar-refractivity contribution in [2.45, 2.75) is 39.2 Å². The molecule has 2 unspecified atom stereocenters. The normalized spacial score (nSPS) is 40.4. The highest BCUT2D eigenvalue weighted by Gasteiger charge is 2.63. The third kappa shape index (κ3) is 1.05. The van der Waals surface area contributed by atoms with E-state index in [0.29, 0.717) is 12.5 Å². The summed E-state index contributed by atoms with van der Waals surface area (Å²) in [6.07, 6.45) is 2.46. The van der Waals surface area contributed by atoms with Crippen LogP contribution in [0.5, 0.6) is 0 Å². The lowest BCUT2D eigenvalue weighted by molar-refractivity contribution is -0.194. The van der Waals surface area contributed by atoms with Gasteiger partial charge in [-0.2, -0.15) is 0 Å². The highest BCUT2D eigenvalue weighted by molar-refractivity contribution is 5.68. The van der Waals surface area contributed by atoms with Gasteiger partial charge >= 0.3 is 5.97 Å². The van der Waals surface area contributed by atoms with E-state index in [2.05, 4.69) is 25.8 Å². The number of carboxylic acid groups (broad SMARTS) is 1. The van der Waals surface area contributed by atoms with Crippen molar-refractivity contribution in [1.82, 2.24) is 4.90 Å². The Balaban J connectivity index is 2.19. The van der Waals surface area contributed by atoms with Crippen molar-refractivity contribution in [2.75, 3.05) is 13.6 Å². The van der Waals surface area contributed by atoms with Crippen molar-refractivity contribution < 1.29 is 9.90 Å². The molecule has 2 aliphatic heterocycles. The van der Waals surface area contributed by atoms with E-state index in [9.17, 15) is 4.79 Å². The molecular weight excluding hydrogens is 178 g/mol. The van der Waals surface area contributed by atoms with Gasteiger partial charge in [0.1, 0.15) is 0 Å². The van der Waals surface area contributed by atoms with Crippen LogP contribution in [0.25, 0.3) is 0 Å². The molecule has 1 aliphatic carbocycles. The zero-order chi connectivity index (χ0) is 10.6. The lowest BCUT2D eigenvalue weighted by Gasteiger charge is -2.68. The van der Waals surface area contributed by atoms with Crippen LogP contribution >= 0.6 is 0 Å². The summed E-state index contributed by atoms with van der Waals surface area (Å²) in [7, 11) is 2.15. The second kappa shape index (κ2) is 2.72. The van der Waals surface area contributed by atoms with Crippen molar-refractivity contribution in [3.63, 3.8) is 0 Å². The predicted octanol–water partition coefficient (Wildman–Crippen LogP) is 1.58. The zero-order valence-electron chi connectivity index (χ0n) is 9.21. The second-order valence-electron chi connectivity index (χ2n) is 5.52. The summed E-state index contributed by atoms with van der Waals surface area (Å²) in [5, 5.41) is 8.94. The summed E-state index contributed by atoms with van der Waals surface area (Å²) in [5.41, 5.74) is 0.258. The quantitative estimate of drug-likeness (QED) is 0.730. The van der Waals surface area contributed by atoms with Crippen molar-refractivity contribution in [2.24, 2.45) is 10.8 Å². The number of fused-ring (bicyclic) bond motifs is 2. The number of hydrogen-bond donors (Lipinski definition) is 1. The molecule has 80 valence electrons. The fourth-order valence-electron chi connectivity index (χ4n) is 3.47. The van der Waals surface area contributed by atoms with E-state index >= 15 is 0 Å². The van der Waals surface area contributed by atoms with Gasteiger partial charge in [0.2, 0.25) is 0 Å². The van der Waals surface area contributed by atoms with E-state index in [4.69, 9.17) is 5.11 Å². The van der Waals surface area contributed by atoms with Crippen LogP contribution in [0.2, 0.25) is 0 Å². The van der Waals surface area contributed by atoms with Crippen LogP contribution in [-0.4, -0.2) is 35.6 Å². The predicted molar refractivity (Wildman–Crippen MR) is 54.1 cm³/mol. The number of nitrogens with zero attached hydrogens (tertiary/aromatic N) is 1. The van der Waals surface area contributed by atoms with Gasteiger partial charge in [0.25, 0.3) is 0 Å². The summed E-state index contributed by atoms with van der Waals surface area (Å²) >= 11 is 0. The van der Waals surface area contributed by atoms with Crippen molar-refractivity contribution in [1.29, 1.82) is 0 Å². The Morgan fingerprint density at radius 3 is 2.64 bits per heavy atom. The van der Waals surface area contributed by atoms with Crippen LogP contribution in [0.15, 0.2) is 0 Å². The average molecular weight is 197 g/mol. The van der Waals surface area contributed by atoms with Crippen LogP contribution in [0.1, 0.15) is 33.1 Å². The van der Waals surface area contributed by atoms with Crippen molar-refractivity contribution in [3.8, 4) is 0 Å². The molecule has 14 heavy (non-hydrogen) atoms. The first-order chi connectivity index (χ1) is 6.39. The Kier molecular flexibility index (Phi) is 1.94. The number of carbonyl (C=O) groups is 1. The van der Waals surface area contributed by atoms with E-state index in [1.807, 2.05) is 0 Å². The summed E-state index contributed by atoms with van der Waals surface area (Å²) < 4.78 is 0. The minimum Gasteiger partial charge on any atom is -0.481 e. The summed E-state index contributed by atoms with van der Waals surface area (Å²) in [6, 6.07) is 0.593. The Labute approximate surface area is 85.1 Å². The van der Waals surface area contributed by atoms with Crippen molar-refractivity contribution in [3.05, 3.63) is 0 Å². The first-order valence-corrected chi connectivity index (χ1v) is 5.31. The molecule has 3 aliphatic rings. The Bertz CT molecular complexity index is 270. The first kappa shape index (κ1) is 9.97. The third-order valence-corrected chi connectivity index (χ3v) is 4.75. The molecule has 0 spiro atoms. The van der Waals surface area contributed by atoms with E-state index < -0.39 is 5.97 Å². The topological polar surface area (TPSA) is 40.5 Å². The van der Waals surface area contributed by atoms with Gasteiger partial charge in [0, 0.05) is 6.04 Å². The van der Waals surface area contributed by atoms with Gasteiger partial charge < -0.3 is 10.0 Å². The molecule has 0 radical (unpaired) electrons. The lowest BCUT2D eigenvalue weighted by Crippen LogP contribution is -2.69. The maximum atomic E-state index is 10.9. The highest BCUT2D eigenvalue weighted by Crippen LogP contribution is 2.64. The minimum atomic E-state index is -0.638. The molecule has 3 rings (SSSR count). The van der Waals surface area contributed by atoms with Gasteiger partial charge in [-0.05, 0) is 37.3 Å². The maximum absolute atomic E-state index is 10.9. The van der Waals surface area contributed by atoms with Gasteiger partial charge in [-0.15, -0.1) is 0 Å². The van der Waals surface area contributed by atoms with Gasteiger partial charge in [-0.1, -0.05) is 13.8 Å². The van der Waals surface area contributed by atoms with Gasteiger partial charge in [-0.25, -0.2) is 0 Å². The SMILES string of the molecule is CN1CCC2(CC(=O)O)CC1C2(C)C. The molecule has 0 aromatic carbocycles. The number of aliphatic carboxylic acids is 1. The van der Waals surface area contributed by atoms with E-state index in [1.54, 1.807) is 0 Å².